The highest BCUT2D eigenvalue weighted by atomic mass is 79.9. The Balaban J connectivity index is 2.41. The molecular formula is C12H12BrF2N3O. The normalized spacial score (nSPS) is 11.8. The summed E-state index contributed by atoms with van der Waals surface area (Å²) in [6, 6.07) is 5.31. The zero-order valence-electron chi connectivity index (χ0n) is 9.83. The van der Waals surface area contributed by atoms with Crippen molar-refractivity contribution in [1.82, 2.24) is 4.98 Å². The Hall–Kier alpha value is -1.47. The van der Waals surface area contributed by atoms with Gasteiger partial charge in [-0.2, -0.15) is 0 Å². The Labute approximate surface area is 116 Å². The summed E-state index contributed by atoms with van der Waals surface area (Å²) in [5.41, 5.74) is 7.07. The number of anilines is 2. The SMILES string of the molecule is Nc1cnc2ccc(Br)cc2c1NCC(F)(F)CO. The van der Waals surface area contributed by atoms with Gasteiger partial charge in [0.05, 0.1) is 29.6 Å². The van der Waals surface area contributed by atoms with Gasteiger partial charge in [0.2, 0.25) is 0 Å². The van der Waals surface area contributed by atoms with E-state index in [1.54, 1.807) is 18.2 Å². The van der Waals surface area contributed by atoms with Crippen molar-refractivity contribution < 1.29 is 13.9 Å². The molecule has 4 N–H and O–H groups in total. The van der Waals surface area contributed by atoms with Crippen molar-refractivity contribution in [3.05, 3.63) is 28.9 Å². The molecule has 0 radical (unpaired) electrons. The number of alkyl halides is 2. The third-order valence-electron chi connectivity index (χ3n) is 2.61. The molecule has 0 bridgehead atoms. The second-order valence-corrected chi connectivity index (χ2v) is 5.03. The summed E-state index contributed by atoms with van der Waals surface area (Å²) in [5, 5.41) is 11.8. The number of aromatic nitrogens is 1. The zero-order valence-corrected chi connectivity index (χ0v) is 11.4. The molecule has 0 saturated carbocycles. The van der Waals surface area contributed by atoms with Crippen LogP contribution in [0.5, 0.6) is 0 Å². The second-order valence-electron chi connectivity index (χ2n) is 4.12. The number of halogens is 3. The van der Waals surface area contributed by atoms with E-state index >= 15 is 0 Å². The molecule has 19 heavy (non-hydrogen) atoms. The summed E-state index contributed by atoms with van der Waals surface area (Å²) in [5.74, 6) is -3.20. The van der Waals surface area contributed by atoms with Crippen molar-refractivity contribution in [3.63, 3.8) is 0 Å². The highest BCUT2D eigenvalue weighted by molar-refractivity contribution is 9.10. The quantitative estimate of drug-likeness (QED) is 0.805. The molecule has 1 aromatic heterocycles. The molecule has 4 nitrogen and oxygen atoms in total. The largest absolute Gasteiger partial charge is 0.396 e. The number of rotatable bonds is 4. The lowest BCUT2D eigenvalue weighted by Gasteiger charge is -2.17. The van der Waals surface area contributed by atoms with E-state index in [4.69, 9.17) is 10.8 Å². The first-order chi connectivity index (χ1) is 8.93. The molecule has 0 spiro atoms. The minimum Gasteiger partial charge on any atom is -0.396 e. The van der Waals surface area contributed by atoms with Gasteiger partial charge < -0.3 is 16.2 Å². The van der Waals surface area contributed by atoms with E-state index in [0.29, 0.717) is 16.6 Å². The maximum atomic E-state index is 13.1. The molecule has 1 aromatic carbocycles. The van der Waals surface area contributed by atoms with Crippen molar-refractivity contribution in [2.75, 3.05) is 24.2 Å². The van der Waals surface area contributed by atoms with Crippen molar-refractivity contribution >= 4 is 38.2 Å². The summed E-state index contributed by atoms with van der Waals surface area (Å²) < 4.78 is 26.9. The maximum absolute atomic E-state index is 13.1. The Morgan fingerprint density at radius 2 is 2.16 bits per heavy atom. The molecule has 0 aliphatic rings. The van der Waals surface area contributed by atoms with Gasteiger partial charge in [-0.05, 0) is 18.2 Å². The first-order valence-corrected chi connectivity index (χ1v) is 6.28. The Bertz CT molecular complexity index is 602. The predicted octanol–water partition coefficient (Wildman–Crippen LogP) is 2.62. The fourth-order valence-electron chi connectivity index (χ4n) is 1.65. The Kier molecular flexibility index (Phi) is 3.86. The molecule has 0 saturated heterocycles. The third kappa shape index (κ3) is 3.10. The molecule has 0 amide bonds. The predicted molar refractivity (Wildman–Crippen MR) is 74.4 cm³/mol. The maximum Gasteiger partial charge on any atom is 0.287 e. The average molecular weight is 332 g/mol. The van der Waals surface area contributed by atoms with Crippen LogP contribution in [0, 0.1) is 0 Å². The standard InChI is InChI=1S/C12H12BrF2N3O/c13-7-1-2-10-8(3-7)11(9(16)4-17-10)18-5-12(14,15)6-19/h1-4,19H,5-6,16H2,(H,17,18). The van der Waals surface area contributed by atoms with Crippen LogP contribution in [0.1, 0.15) is 0 Å². The van der Waals surface area contributed by atoms with Gasteiger partial charge in [0.1, 0.15) is 6.61 Å². The minimum atomic E-state index is -3.20. The van der Waals surface area contributed by atoms with Crippen molar-refractivity contribution in [2.45, 2.75) is 5.92 Å². The van der Waals surface area contributed by atoms with Crippen LogP contribution in [-0.4, -0.2) is 29.2 Å². The van der Waals surface area contributed by atoms with Crippen LogP contribution in [0.2, 0.25) is 0 Å². The molecule has 0 atom stereocenters. The monoisotopic (exact) mass is 331 g/mol. The first-order valence-electron chi connectivity index (χ1n) is 5.49. The number of fused-ring (bicyclic) bond motifs is 1. The van der Waals surface area contributed by atoms with Gasteiger partial charge in [-0.25, -0.2) is 8.78 Å². The lowest BCUT2D eigenvalue weighted by Crippen LogP contribution is -2.31. The number of nitrogens with two attached hydrogens (primary N) is 1. The first kappa shape index (κ1) is 14.0. The molecule has 2 rings (SSSR count). The van der Waals surface area contributed by atoms with Gasteiger partial charge in [-0.15, -0.1) is 0 Å². The number of nitrogens with one attached hydrogen (secondary N) is 1. The molecule has 0 aliphatic carbocycles. The molecule has 102 valence electrons. The summed E-state index contributed by atoms with van der Waals surface area (Å²) in [6.45, 7) is -1.91. The molecule has 2 aromatic rings. The Morgan fingerprint density at radius 3 is 2.84 bits per heavy atom. The Morgan fingerprint density at radius 1 is 1.42 bits per heavy atom. The average Bonchev–Trinajstić information content (AvgIpc) is 2.37. The van der Waals surface area contributed by atoms with E-state index in [1.165, 1.54) is 6.20 Å². The van der Waals surface area contributed by atoms with E-state index in [-0.39, 0.29) is 5.69 Å². The van der Waals surface area contributed by atoms with Crippen LogP contribution in [0.15, 0.2) is 28.9 Å². The van der Waals surface area contributed by atoms with E-state index in [2.05, 4.69) is 26.2 Å². The van der Waals surface area contributed by atoms with E-state index in [0.717, 1.165) is 4.47 Å². The summed E-state index contributed by atoms with van der Waals surface area (Å²) in [6.07, 6.45) is 1.41. The van der Waals surface area contributed by atoms with Crippen LogP contribution in [-0.2, 0) is 0 Å². The van der Waals surface area contributed by atoms with Gasteiger partial charge in [0.15, 0.2) is 0 Å². The molecule has 1 heterocycles. The highest BCUT2D eigenvalue weighted by Crippen LogP contribution is 2.30. The van der Waals surface area contributed by atoms with Crippen LogP contribution >= 0.6 is 15.9 Å². The lowest BCUT2D eigenvalue weighted by atomic mass is 10.1. The molecule has 0 aliphatic heterocycles. The van der Waals surface area contributed by atoms with Crippen molar-refractivity contribution in [1.29, 1.82) is 0 Å². The zero-order chi connectivity index (χ0) is 14.0. The second kappa shape index (κ2) is 5.26. The minimum absolute atomic E-state index is 0.277. The van der Waals surface area contributed by atoms with Gasteiger partial charge in [0, 0.05) is 9.86 Å². The fourth-order valence-corrected chi connectivity index (χ4v) is 2.01. The van der Waals surface area contributed by atoms with E-state index < -0.39 is 19.1 Å². The summed E-state index contributed by atoms with van der Waals surface area (Å²) in [7, 11) is 0. The van der Waals surface area contributed by atoms with Gasteiger partial charge in [0.25, 0.3) is 5.92 Å². The number of aliphatic hydroxyl groups is 1. The van der Waals surface area contributed by atoms with E-state index in [9.17, 15) is 8.78 Å². The van der Waals surface area contributed by atoms with Crippen LogP contribution in [0.25, 0.3) is 10.9 Å². The number of hydrogen-bond acceptors (Lipinski definition) is 4. The number of benzene rings is 1. The van der Waals surface area contributed by atoms with Gasteiger partial charge in [-0.3, -0.25) is 4.98 Å². The molecule has 0 fully saturated rings. The molecular weight excluding hydrogens is 320 g/mol. The fraction of sp³-hybridized carbons (Fsp3) is 0.250. The number of pyridine rings is 1. The van der Waals surface area contributed by atoms with Crippen LogP contribution in [0.3, 0.4) is 0 Å². The van der Waals surface area contributed by atoms with Crippen molar-refractivity contribution in [3.8, 4) is 0 Å². The molecule has 7 heteroatoms. The number of hydrogen-bond donors (Lipinski definition) is 3. The smallest absolute Gasteiger partial charge is 0.287 e. The number of nitrogens with zero attached hydrogens (tertiary/aromatic N) is 1. The summed E-state index contributed by atoms with van der Waals surface area (Å²) >= 11 is 3.31. The van der Waals surface area contributed by atoms with Crippen LogP contribution in [0.4, 0.5) is 20.2 Å². The number of aliphatic hydroxyl groups excluding tert-OH is 1. The summed E-state index contributed by atoms with van der Waals surface area (Å²) in [4.78, 5) is 4.12. The number of nitrogen functional groups attached to an aromatic ring is 1. The van der Waals surface area contributed by atoms with Crippen LogP contribution < -0.4 is 11.1 Å². The lowest BCUT2D eigenvalue weighted by molar-refractivity contribution is -0.0372. The molecule has 0 unspecified atom stereocenters. The highest BCUT2D eigenvalue weighted by Gasteiger charge is 2.27. The van der Waals surface area contributed by atoms with E-state index in [1.807, 2.05) is 0 Å². The third-order valence-corrected chi connectivity index (χ3v) is 3.11. The van der Waals surface area contributed by atoms with Gasteiger partial charge >= 0.3 is 0 Å². The topological polar surface area (TPSA) is 71.2 Å². The van der Waals surface area contributed by atoms with Gasteiger partial charge in [-0.1, -0.05) is 15.9 Å². The van der Waals surface area contributed by atoms with Crippen molar-refractivity contribution in [2.24, 2.45) is 0 Å².